The highest BCUT2D eigenvalue weighted by Crippen LogP contribution is 2.08. The fourth-order valence-electron chi connectivity index (χ4n) is 1.09. The van der Waals surface area contributed by atoms with Gasteiger partial charge in [0.1, 0.15) is 6.10 Å². The van der Waals surface area contributed by atoms with Gasteiger partial charge in [-0.25, -0.2) is 4.79 Å². The van der Waals surface area contributed by atoms with Gasteiger partial charge >= 0.3 is 5.97 Å². The Kier molecular flexibility index (Phi) is 7.30. The highest BCUT2D eigenvalue weighted by Gasteiger charge is 2.10. The minimum Gasteiger partial charge on any atom is -0.459 e. The summed E-state index contributed by atoms with van der Waals surface area (Å²) >= 11 is 0. The lowest BCUT2D eigenvalue weighted by atomic mass is 10.1. The fraction of sp³-hybridized carbons (Fsp3) is 0.700. The smallest absolute Gasteiger partial charge is 0.330 e. The summed E-state index contributed by atoms with van der Waals surface area (Å²) in [5.41, 5.74) is 5.40. The van der Waals surface area contributed by atoms with Gasteiger partial charge in [-0.05, 0) is 19.4 Å². The van der Waals surface area contributed by atoms with Crippen molar-refractivity contribution < 1.29 is 9.53 Å². The van der Waals surface area contributed by atoms with E-state index >= 15 is 0 Å². The molecule has 0 amide bonds. The van der Waals surface area contributed by atoms with Gasteiger partial charge in [-0.15, -0.1) is 0 Å². The summed E-state index contributed by atoms with van der Waals surface area (Å²) in [5, 5.41) is 0. The first kappa shape index (κ1) is 12.2. The molecule has 3 heteroatoms. The number of carbonyl (C=O) groups is 1. The number of unbranched alkanes of at least 4 members (excludes halogenated alkanes) is 1. The number of ether oxygens (including phenoxy) is 1. The van der Waals surface area contributed by atoms with E-state index in [-0.39, 0.29) is 12.1 Å². The minimum absolute atomic E-state index is 0.0320. The summed E-state index contributed by atoms with van der Waals surface area (Å²) in [5.74, 6) is -0.352. The lowest BCUT2D eigenvalue weighted by molar-refractivity contribution is -0.143. The predicted octanol–water partition coefficient (Wildman–Crippen LogP) is 1.62. The maximum absolute atomic E-state index is 10.9. The van der Waals surface area contributed by atoms with Gasteiger partial charge in [-0.2, -0.15) is 0 Å². The van der Waals surface area contributed by atoms with E-state index < -0.39 is 0 Å². The Balaban J connectivity index is 3.78. The zero-order valence-electron chi connectivity index (χ0n) is 8.29. The van der Waals surface area contributed by atoms with Gasteiger partial charge in [0.05, 0.1) is 0 Å². The van der Waals surface area contributed by atoms with Crippen LogP contribution in [-0.2, 0) is 9.53 Å². The van der Waals surface area contributed by atoms with Gasteiger partial charge in [0.25, 0.3) is 0 Å². The maximum atomic E-state index is 10.9. The first-order valence-electron chi connectivity index (χ1n) is 4.77. The summed E-state index contributed by atoms with van der Waals surface area (Å²) in [4.78, 5) is 10.9. The lowest BCUT2D eigenvalue weighted by Crippen LogP contribution is -2.20. The van der Waals surface area contributed by atoms with Crippen molar-refractivity contribution in [1.82, 2.24) is 0 Å². The predicted molar refractivity (Wildman–Crippen MR) is 53.3 cm³/mol. The normalized spacial score (nSPS) is 12.2. The molecule has 0 aliphatic heterocycles. The molecule has 0 bridgehead atoms. The molecule has 0 radical (unpaired) electrons. The van der Waals surface area contributed by atoms with E-state index in [1.165, 1.54) is 6.08 Å². The number of hydrogen-bond acceptors (Lipinski definition) is 3. The lowest BCUT2D eigenvalue weighted by Gasteiger charge is -2.15. The first-order chi connectivity index (χ1) is 6.24. The molecule has 13 heavy (non-hydrogen) atoms. The van der Waals surface area contributed by atoms with Crippen LogP contribution in [0.4, 0.5) is 0 Å². The summed E-state index contributed by atoms with van der Waals surface area (Å²) in [6.07, 6.45) is 4.96. The maximum Gasteiger partial charge on any atom is 0.330 e. The van der Waals surface area contributed by atoms with Crippen molar-refractivity contribution in [2.75, 3.05) is 6.54 Å². The Labute approximate surface area is 79.9 Å². The van der Waals surface area contributed by atoms with Crippen molar-refractivity contribution in [2.45, 2.75) is 38.7 Å². The van der Waals surface area contributed by atoms with E-state index in [4.69, 9.17) is 10.5 Å². The Morgan fingerprint density at radius 2 is 2.31 bits per heavy atom. The second-order valence-corrected chi connectivity index (χ2v) is 2.98. The molecule has 0 aromatic carbocycles. The molecule has 2 N–H and O–H groups in total. The molecule has 0 spiro atoms. The SMILES string of the molecule is C=CC(=O)OC(CCN)CCCC. The minimum atomic E-state index is -0.352. The molecular formula is C10H19NO2. The van der Waals surface area contributed by atoms with Crippen LogP contribution in [0.3, 0.4) is 0 Å². The molecule has 0 rings (SSSR count). The van der Waals surface area contributed by atoms with E-state index in [2.05, 4.69) is 13.5 Å². The number of carbonyl (C=O) groups excluding carboxylic acids is 1. The van der Waals surface area contributed by atoms with Gasteiger partial charge in [-0.3, -0.25) is 0 Å². The fourth-order valence-corrected chi connectivity index (χ4v) is 1.09. The van der Waals surface area contributed by atoms with Crippen molar-refractivity contribution in [3.8, 4) is 0 Å². The summed E-state index contributed by atoms with van der Waals surface area (Å²) < 4.78 is 5.11. The van der Waals surface area contributed by atoms with Gasteiger partial charge in [0.2, 0.25) is 0 Å². The standard InChI is InChI=1S/C10H19NO2/c1-3-5-6-9(7-8-11)13-10(12)4-2/h4,9H,2-3,5-8,11H2,1H3. The van der Waals surface area contributed by atoms with Crippen LogP contribution >= 0.6 is 0 Å². The summed E-state index contributed by atoms with van der Waals surface area (Å²) in [7, 11) is 0. The van der Waals surface area contributed by atoms with Crippen LogP contribution < -0.4 is 5.73 Å². The largest absolute Gasteiger partial charge is 0.459 e. The molecule has 0 heterocycles. The van der Waals surface area contributed by atoms with E-state index in [9.17, 15) is 4.79 Å². The summed E-state index contributed by atoms with van der Waals surface area (Å²) in [6, 6.07) is 0. The quantitative estimate of drug-likeness (QED) is 0.484. The second kappa shape index (κ2) is 7.80. The number of esters is 1. The van der Waals surface area contributed by atoms with Gasteiger partial charge in [0.15, 0.2) is 0 Å². The van der Waals surface area contributed by atoms with Crippen molar-refractivity contribution >= 4 is 5.97 Å². The molecule has 1 unspecified atom stereocenters. The van der Waals surface area contributed by atoms with Crippen LogP contribution in [-0.4, -0.2) is 18.6 Å². The molecule has 0 saturated carbocycles. The molecule has 0 aromatic heterocycles. The average Bonchev–Trinajstić information content (AvgIpc) is 2.14. The van der Waals surface area contributed by atoms with Crippen molar-refractivity contribution in [1.29, 1.82) is 0 Å². The average molecular weight is 185 g/mol. The van der Waals surface area contributed by atoms with Crippen molar-refractivity contribution in [3.63, 3.8) is 0 Å². The molecular weight excluding hydrogens is 166 g/mol. The van der Waals surface area contributed by atoms with E-state index in [0.717, 1.165) is 25.7 Å². The molecule has 76 valence electrons. The van der Waals surface area contributed by atoms with Crippen molar-refractivity contribution in [3.05, 3.63) is 12.7 Å². The van der Waals surface area contributed by atoms with Gasteiger partial charge < -0.3 is 10.5 Å². The zero-order valence-corrected chi connectivity index (χ0v) is 8.29. The first-order valence-corrected chi connectivity index (χ1v) is 4.77. The highest BCUT2D eigenvalue weighted by molar-refractivity contribution is 5.81. The van der Waals surface area contributed by atoms with Crippen LogP contribution in [0.15, 0.2) is 12.7 Å². The monoisotopic (exact) mass is 185 g/mol. The Hall–Kier alpha value is -0.830. The van der Waals surface area contributed by atoms with Crippen LogP contribution in [0.1, 0.15) is 32.6 Å². The van der Waals surface area contributed by atoms with Crippen LogP contribution in [0.2, 0.25) is 0 Å². The van der Waals surface area contributed by atoms with Crippen LogP contribution in [0.25, 0.3) is 0 Å². The highest BCUT2D eigenvalue weighted by atomic mass is 16.5. The number of rotatable bonds is 7. The number of nitrogens with two attached hydrogens (primary N) is 1. The van der Waals surface area contributed by atoms with Crippen LogP contribution in [0, 0.1) is 0 Å². The topological polar surface area (TPSA) is 52.3 Å². The van der Waals surface area contributed by atoms with Crippen LogP contribution in [0.5, 0.6) is 0 Å². The molecule has 3 nitrogen and oxygen atoms in total. The second-order valence-electron chi connectivity index (χ2n) is 2.98. The van der Waals surface area contributed by atoms with E-state index in [1.54, 1.807) is 0 Å². The third-order valence-electron chi connectivity index (χ3n) is 1.82. The van der Waals surface area contributed by atoms with Gasteiger partial charge in [-0.1, -0.05) is 26.3 Å². The zero-order chi connectivity index (χ0) is 10.1. The van der Waals surface area contributed by atoms with Crippen molar-refractivity contribution in [2.24, 2.45) is 5.73 Å². The number of hydrogen-bond donors (Lipinski definition) is 1. The Morgan fingerprint density at radius 3 is 2.77 bits per heavy atom. The molecule has 1 atom stereocenters. The molecule has 0 aromatic rings. The Morgan fingerprint density at radius 1 is 1.62 bits per heavy atom. The third kappa shape index (κ3) is 6.34. The molecule has 0 aliphatic rings. The van der Waals surface area contributed by atoms with E-state index in [0.29, 0.717) is 6.54 Å². The van der Waals surface area contributed by atoms with E-state index in [1.807, 2.05) is 0 Å². The molecule has 0 aliphatic carbocycles. The Bertz CT molecular complexity index is 157. The third-order valence-corrected chi connectivity index (χ3v) is 1.82. The molecule has 0 saturated heterocycles. The summed E-state index contributed by atoms with van der Waals surface area (Å²) in [6.45, 7) is 6.01. The van der Waals surface area contributed by atoms with Gasteiger partial charge in [0, 0.05) is 6.08 Å². The molecule has 0 fully saturated rings.